The molecule has 2 amide bonds. The van der Waals surface area contributed by atoms with E-state index >= 15 is 0 Å². The fourth-order valence-electron chi connectivity index (χ4n) is 2.00. The summed E-state index contributed by atoms with van der Waals surface area (Å²) in [5.41, 5.74) is 0. The third kappa shape index (κ3) is 12.3. The van der Waals surface area contributed by atoms with Gasteiger partial charge in [-0.25, -0.2) is 4.79 Å². The van der Waals surface area contributed by atoms with E-state index in [1.807, 2.05) is 0 Å². The first-order valence-corrected chi connectivity index (χ1v) is 8.00. The molecule has 0 rings (SSSR count). The molecule has 0 aliphatic rings. The summed E-state index contributed by atoms with van der Waals surface area (Å²) >= 11 is 0. The smallest absolute Gasteiger partial charge is 0.326 e. The van der Waals surface area contributed by atoms with Crippen molar-refractivity contribution in [2.24, 2.45) is 0 Å². The molecule has 0 radical (unpaired) electrons. The number of ketones is 2. The summed E-state index contributed by atoms with van der Waals surface area (Å²) in [6, 6.07) is -1.12. The summed E-state index contributed by atoms with van der Waals surface area (Å²) in [7, 11) is 0. The summed E-state index contributed by atoms with van der Waals surface area (Å²) in [4.78, 5) is 55.9. The molecule has 8 heteroatoms. The largest absolute Gasteiger partial charge is 0.480 e. The standard InChI is InChI=1S/C16H26N2O6/c1-11(19)5-3-7-15(22)18-14(16(23)24)9-8-13(21)6-4-10-17-12(2)20/h14H,3-10H2,1-2H3,(H,17,20)(H,18,22)(H,23,24)/t14-/m0/s1. The second kappa shape index (κ2) is 12.2. The Morgan fingerprint density at radius 1 is 0.917 bits per heavy atom. The fraction of sp³-hybridized carbons (Fsp3) is 0.688. The topological polar surface area (TPSA) is 130 Å². The normalized spacial score (nSPS) is 11.4. The molecule has 0 fully saturated rings. The van der Waals surface area contributed by atoms with E-state index in [-0.39, 0.29) is 49.6 Å². The van der Waals surface area contributed by atoms with E-state index in [1.165, 1.54) is 13.8 Å². The number of carboxylic acids is 1. The monoisotopic (exact) mass is 342 g/mol. The molecule has 0 saturated carbocycles. The van der Waals surface area contributed by atoms with Crippen LogP contribution in [0.5, 0.6) is 0 Å². The van der Waals surface area contributed by atoms with Crippen molar-refractivity contribution in [3.05, 3.63) is 0 Å². The van der Waals surface area contributed by atoms with Crippen LogP contribution in [0.1, 0.15) is 58.8 Å². The molecule has 0 aliphatic carbocycles. The third-order valence-corrected chi connectivity index (χ3v) is 3.28. The molecule has 0 aromatic heterocycles. The molecule has 0 spiro atoms. The van der Waals surface area contributed by atoms with Crippen molar-refractivity contribution in [2.45, 2.75) is 64.8 Å². The van der Waals surface area contributed by atoms with Crippen molar-refractivity contribution < 1.29 is 29.1 Å². The Kier molecular flexibility index (Phi) is 11.1. The van der Waals surface area contributed by atoms with Gasteiger partial charge in [-0.05, 0) is 26.2 Å². The predicted molar refractivity (Wildman–Crippen MR) is 86.3 cm³/mol. The highest BCUT2D eigenvalue weighted by atomic mass is 16.4. The van der Waals surface area contributed by atoms with Gasteiger partial charge in [0.05, 0.1) is 0 Å². The molecule has 0 heterocycles. The van der Waals surface area contributed by atoms with Gasteiger partial charge < -0.3 is 20.5 Å². The van der Waals surface area contributed by atoms with Gasteiger partial charge in [0.2, 0.25) is 11.8 Å². The molecule has 0 unspecified atom stereocenters. The van der Waals surface area contributed by atoms with Gasteiger partial charge in [0.25, 0.3) is 0 Å². The number of carbonyl (C=O) groups excluding carboxylic acids is 4. The second-order valence-electron chi connectivity index (χ2n) is 5.68. The summed E-state index contributed by atoms with van der Waals surface area (Å²) in [5.74, 6) is -1.94. The zero-order valence-electron chi connectivity index (χ0n) is 14.2. The number of Topliss-reactive ketones (excluding diaryl/α,β-unsaturated/α-hetero) is 2. The maximum absolute atomic E-state index is 11.7. The highest BCUT2D eigenvalue weighted by Crippen LogP contribution is 2.04. The van der Waals surface area contributed by atoms with Gasteiger partial charge in [-0.15, -0.1) is 0 Å². The van der Waals surface area contributed by atoms with Crippen molar-refractivity contribution in [1.82, 2.24) is 10.6 Å². The molecule has 0 aromatic carbocycles. The van der Waals surface area contributed by atoms with E-state index in [0.717, 1.165) is 0 Å². The first-order valence-electron chi connectivity index (χ1n) is 8.00. The number of amides is 2. The highest BCUT2D eigenvalue weighted by Gasteiger charge is 2.20. The van der Waals surface area contributed by atoms with Crippen molar-refractivity contribution in [1.29, 1.82) is 0 Å². The molecule has 3 N–H and O–H groups in total. The first-order chi connectivity index (χ1) is 11.2. The zero-order chi connectivity index (χ0) is 18.5. The quantitative estimate of drug-likeness (QED) is 0.420. The molecule has 8 nitrogen and oxygen atoms in total. The van der Waals surface area contributed by atoms with E-state index in [9.17, 15) is 24.0 Å². The van der Waals surface area contributed by atoms with Crippen LogP contribution >= 0.6 is 0 Å². The van der Waals surface area contributed by atoms with Gasteiger partial charge in [0, 0.05) is 39.2 Å². The van der Waals surface area contributed by atoms with Crippen LogP contribution in [0.3, 0.4) is 0 Å². The van der Waals surface area contributed by atoms with Gasteiger partial charge >= 0.3 is 5.97 Å². The first kappa shape index (κ1) is 21.8. The Morgan fingerprint density at radius 2 is 1.58 bits per heavy atom. The van der Waals surface area contributed by atoms with E-state index < -0.39 is 17.9 Å². The lowest BCUT2D eigenvalue weighted by molar-refractivity contribution is -0.142. The Morgan fingerprint density at radius 3 is 2.12 bits per heavy atom. The molecule has 0 aromatic rings. The zero-order valence-corrected chi connectivity index (χ0v) is 14.2. The van der Waals surface area contributed by atoms with Gasteiger partial charge in [-0.1, -0.05) is 0 Å². The predicted octanol–water partition coefficient (Wildman–Crippen LogP) is 0.581. The minimum absolute atomic E-state index is 0.0206. The summed E-state index contributed by atoms with van der Waals surface area (Å²) in [6.07, 6.45) is 1.53. The summed E-state index contributed by atoms with van der Waals surface area (Å²) < 4.78 is 0. The van der Waals surface area contributed by atoms with Crippen LogP contribution in [-0.2, 0) is 24.0 Å². The van der Waals surface area contributed by atoms with Crippen LogP contribution in [0.4, 0.5) is 0 Å². The molecule has 24 heavy (non-hydrogen) atoms. The van der Waals surface area contributed by atoms with Crippen LogP contribution in [0.2, 0.25) is 0 Å². The molecule has 136 valence electrons. The maximum atomic E-state index is 11.7. The lowest BCUT2D eigenvalue weighted by Gasteiger charge is -2.14. The van der Waals surface area contributed by atoms with Gasteiger partial charge in [0.1, 0.15) is 17.6 Å². The molecule has 0 saturated heterocycles. The minimum Gasteiger partial charge on any atom is -0.480 e. The number of carboxylic acid groups (broad SMARTS) is 1. The van der Waals surface area contributed by atoms with Crippen molar-refractivity contribution in [3.8, 4) is 0 Å². The average Bonchev–Trinajstić information content (AvgIpc) is 2.47. The van der Waals surface area contributed by atoms with Crippen LogP contribution in [-0.4, -0.2) is 47.0 Å². The minimum atomic E-state index is -1.19. The SMILES string of the molecule is CC(=O)CCCC(=O)N[C@@H](CCC(=O)CCCNC(C)=O)C(=O)O. The van der Waals surface area contributed by atoms with Crippen LogP contribution < -0.4 is 10.6 Å². The van der Waals surface area contributed by atoms with Gasteiger partial charge in [-0.3, -0.25) is 14.4 Å². The van der Waals surface area contributed by atoms with Gasteiger partial charge in [-0.2, -0.15) is 0 Å². The number of nitrogens with one attached hydrogen (secondary N) is 2. The Balaban J connectivity index is 4.08. The van der Waals surface area contributed by atoms with Crippen molar-refractivity contribution in [3.63, 3.8) is 0 Å². The molecule has 0 aliphatic heterocycles. The second-order valence-corrected chi connectivity index (χ2v) is 5.68. The van der Waals surface area contributed by atoms with Crippen LogP contribution in [0, 0.1) is 0 Å². The van der Waals surface area contributed by atoms with E-state index in [4.69, 9.17) is 5.11 Å². The fourth-order valence-corrected chi connectivity index (χ4v) is 2.00. The number of hydrogen-bond acceptors (Lipinski definition) is 5. The lowest BCUT2D eigenvalue weighted by atomic mass is 10.1. The van der Waals surface area contributed by atoms with Gasteiger partial charge in [0.15, 0.2) is 0 Å². The number of carbonyl (C=O) groups is 5. The highest BCUT2D eigenvalue weighted by molar-refractivity contribution is 5.85. The van der Waals surface area contributed by atoms with E-state index in [2.05, 4.69) is 10.6 Å². The molecular weight excluding hydrogens is 316 g/mol. The average molecular weight is 342 g/mol. The number of rotatable bonds is 13. The maximum Gasteiger partial charge on any atom is 0.326 e. The summed E-state index contributed by atoms with van der Waals surface area (Å²) in [6.45, 7) is 3.21. The van der Waals surface area contributed by atoms with Crippen molar-refractivity contribution >= 4 is 29.4 Å². The molecular formula is C16H26N2O6. The third-order valence-electron chi connectivity index (χ3n) is 3.28. The lowest BCUT2D eigenvalue weighted by Crippen LogP contribution is -2.41. The van der Waals surface area contributed by atoms with E-state index in [0.29, 0.717) is 19.4 Å². The van der Waals surface area contributed by atoms with Crippen molar-refractivity contribution in [2.75, 3.05) is 6.54 Å². The molecule has 0 bridgehead atoms. The van der Waals surface area contributed by atoms with Crippen LogP contribution in [0.15, 0.2) is 0 Å². The Hall–Kier alpha value is -2.25. The summed E-state index contributed by atoms with van der Waals surface area (Å²) in [5, 5.41) is 14.0. The van der Waals surface area contributed by atoms with E-state index in [1.54, 1.807) is 0 Å². The Bertz CT molecular complexity index is 475. The number of aliphatic carboxylic acids is 1. The van der Waals surface area contributed by atoms with Crippen LogP contribution in [0.25, 0.3) is 0 Å². The Labute approximate surface area is 141 Å². The molecule has 1 atom stereocenters. The number of hydrogen-bond donors (Lipinski definition) is 3.